The van der Waals surface area contributed by atoms with Gasteiger partial charge in [-0.05, 0) is 13.3 Å². The van der Waals surface area contributed by atoms with Crippen LogP contribution in [-0.2, 0) is 14.3 Å². The van der Waals surface area contributed by atoms with Gasteiger partial charge in [-0.1, -0.05) is 26.2 Å². The van der Waals surface area contributed by atoms with Gasteiger partial charge >= 0.3 is 11.7 Å². The first-order valence-corrected chi connectivity index (χ1v) is 8.77. The molecule has 1 aromatic heterocycles. The molecule has 0 bridgehead atoms. The summed E-state index contributed by atoms with van der Waals surface area (Å²) in [6.07, 6.45) is 0.899. The first-order valence-electron chi connectivity index (χ1n) is 8.77. The number of aromatic nitrogens is 2. The SMILES string of the molecule is CCCCCCC(=O)OCC1OC(n2ccc(=O)[nH]c2=O)C(C)(F)C1O. The Bertz CT molecular complexity index is 728. The first-order chi connectivity index (χ1) is 12.3. The van der Waals surface area contributed by atoms with Crippen molar-refractivity contribution in [2.45, 2.75) is 70.1 Å². The number of alkyl halides is 1. The van der Waals surface area contributed by atoms with Crippen LogP contribution in [0.2, 0.25) is 0 Å². The van der Waals surface area contributed by atoms with E-state index in [2.05, 4.69) is 6.92 Å². The van der Waals surface area contributed by atoms with E-state index in [9.17, 15) is 23.9 Å². The molecule has 146 valence electrons. The van der Waals surface area contributed by atoms with E-state index >= 15 is 0 Å². The molecule has 0 spiro atoms. The molecule has 8 nitrogen and oxygen atoms in total. The van der Waals surface area contributed by atoms with Crippen molar-refractivity contribution in [3.63, 3.8) is 0 Å². The summed E-state index contributed by atoms with van der Waals surface area (Å²) in [6.45, 7) is 2.84. The number of H-pyrrole nitrogens is 1. The molecule has 0 aliphatic carbocycles. The monoisotopic (exact) mass is 372 g/mol. The number of nitrogens with zero attached hydrogens (tertiary/aromatic N) is 1. The molecule has 1 saturated heterocycles. The van der Waals surface area contributed by atoms with Crippen molar-refractivity contribution in [3.8, 4) is 0 Å². The molecule has 4 atom stereocenters. The van der Waals surface area contributed by atoms with Crippen LogP contribution in [0.1, 0.15) is 52.2 Å². The van der Waals surface area contributed by atoms with Crippen molar-refractivity contribution in [2.75, 3.05) is 6.61 Å². The third-order valence-electron chi connectivity index (χ3n) is 4.46. The fourth-order valence-corrected chi connectivity index (χ4v) is 2.91. The summed E-state index contributed by atoms with van der Waals surface area (Å²) in [5.74, 6) is -0.442. The molecule has 2 N–H and O–H groups in total. The van der Waals surface area contributed by atoms with Gasteiger partial charge in [-0.15, -0.1) is 0 Å². The molecule has 9 heteroatoms. The van der Waals surface area contributed by atoms with E-state index in [-0.39, 0.29) is 13.0 Å². The second kappa shape index (κ2) is 8.59. The standard InChI is InChI=1S/C17H25FN2O6/c1-3-4-5-6-7-13(22)25-10-11-14(23)17(2,18)15(26-11)20-9-8-12(21)19-16(20)24/h8-9,11,14-15,23H,3-7,10H2,1-2H3,(H,19,21,24). The summed E-state index contributed by atoms with van der Waals surface area (Å²) in [4.78, 5) is 36.7. The van der Waals surface area contributed by atoms with Crippen molar-refractivity contribution in [2.24, 2.45) is 0 Å². The number of hydrogen-bond acceptors (Lipinski definition) is 6. The zero-order chi connectivity index (χ0) is 19.3. The Labute approximate surface area is 149 Å². The second-order valence-corrected chi connectivity index (χ2v) is 6.63. The first kappa shape index (κ1) is 20.3. The molecular formula is C17H25FN2O6. The van der Waals surface area contributed by atoms with E-state index in [4.69, 9.17) is 9.47 Å². The Kier molecular flexibility index (Phi) is 6.71. The van der Waals surface area contributed by atoms with Gasteiger partial charge in [0.25, 0.3) is 5.56 Å². The van der Waals surface area contributed by atoms with Gasteiger partial charge in [-0.2, -0.15) is 0 Å². The highest BCUT2D eigenvalue weighted by Gasteiger charge is 2.55. The molecule has 1 aromatic rings. The van der Waals surface area contributed by atoms with Crippen LogP contribution in [0.5, 0.6) is 0 Å². The molecule has 1 aliphatic heterocycles. The molecular weight excluding hydrogens is 347 g/mol. The Morgan fingerprint density at radius 1 is 1.42 bits per heavy atom. The summed E-state index contributed by atoms with van der Waals surface area (Å²) in [5.41, 5.74) is -3.79. The van der Waals surface area contributed by atoms with Crippen LogP contribution < -0.4 is 11.2 Å². The van der Waals surface area contributed by atoms with Crippen molar-refractivity contribution in [3.05, 3.63) is 33.1 Å². The molecule has 0 amide bonds. The molecule has 2 rings (SSSR count). The molecule has 0 saturated carbocycles. The number of aliphatic hydroxyl groups excluding tert-OH is 1. The minimum Gasteiger partial charge on any atom is -0.463 e. The zero-order valence-electron chi connectivity index (χ0n) is 14.9. The number of unbranched alkanes of at least 4 members (excludes halogenated alkanes) is 3. The molecule has 1 aliphatic rings. The number of carbonyl (C=O) groups is 1. The average molecular weight is 372 g/mol. The van der Waals surface area contributed by atoms with Gasteiger partial charge in [0.1, 0.15) is 18.8 Å². The maximum absolute atomic E-state index is 14.9. The summed E-state index contributed by atoms with van der Waals surface area (Å²) in [7, 11) is 0. The highest BCUT2D eigenvalue weighted by molar-refractivity contribution is 5.69. The largest absolute Gasteiger partial charge is 0.463 e. The van der Waals surface area contributed by atoms with Crippen LogP contribution in [-0.4, -0.2) is 45.1 Å². The second-order valence-electron chi connectivity index (χ2n) is 6.63. The average Bonchev–Trinajstić information content (AvgIpc) is 2.80. The number of aliphatic hydroxyl groups is 1. The maximum Gasteiger partial charge on any atom is 0.330 e. The van der Waals surface area contributed by atoms with Gasteiger partial charge in [0.2, 0.25) is 0 Å². The molecule has 0 aromatic carbocycles. The molecule has 1 fully saturated rings. The normalized spacial score (nSPS) is 28.2. The Hall–Kier alpha value is -2.00. The van der Waals surface area contributed by atoms with E-state index in [0.717, 1.165) is 43.0 Å². The lowest BCUT2D eigenvalue weighted by Crippen LogP contribution is -2.43. The number of ether oxygens (including phenoxy) is 2. The van der Waals surface area contributed by atoms with Crippen LogP contribution in [0, 0.1) is 0 Å². The zero-order valence-corrected chi connectivity index (χ0v) is 14.9. The Morgan fingerprint density at radius 3 is 2.81 bits per heavy atom. The van der Waals surface area contributed by atoms with Gasteiger partial charge in [0, 0.05) is 18.7 Å². The Balaban J connectivity index is 1.98. The summed E-state index contributed by atoms with van der Waals surface area (Å²) in [5, 5.41) is 10.2. The lowest BCUT2D eigenvalue weighted by molar-refractivity contribution is -0.150. The van der Waals surface area contributed by atoms with Crippen LogP contribution in [0.3, 0.4) is 0 Å². The molecule has 2 heterocycles. The number of esters is 1. The van der Waals surface area contributed by atoms with Gasteiger partial charge in [0.15, 0.2) is 11.9 Å². The third kappa shape index (κ3) is 4.59. The number of aromatic amines is 1. The molecule has 4 unspecified atom stereocenters. The number of nitrogens with one attached hydrogen (secondary N) is 1. The smallest absolute Gasteiger partial charge is 0.330 e. The molecule has 0 radical (unpaired) electrons. The van der Waals surface area contributed by atoms with Crippen LogP contribution in [0.4, 0.5) is 4.39 Å². The van der Waals surface area contributed by atoms with Gasteiger partial charge < -0.3 is 14.6 Å². The summed E-state index contributed by atoms with van der Waals surface area (Å²) < 4.78 is 26.3. The third-order valence-corrected chi connectivity index (χ3v) is 4.46. The van der Waals surface area contributed by atoms with Gasteiger partial charge in [0.05, 0.1) is 0 Å². The van der Waals surface area contributed by atoms with E-state index in [1.54, 1.807) is 0 Å². The fraction of sp³-hybridized carbons (Fsp3) is 0.706. The number of carbonyl (C=O) groups excluding carboxylic acids is 1. The van der Waals surface area contributed by atoms with Crippen LogP contribution in [0.25, 0.3) is 0 Å². The molecule has 26 heavy (non-hydrogen) atoms. The van der Waals surface area contributed by atoms with Crippen molar-refractivity contribution >= 4 is 5.97 Å². The number of hydrogen-bond donors (Lipinski definition) is 2. The minimum atomic E-state index is -2.31. The maximum atomic E-state index is 14.9. The van der Waals surface area contributed by atoms with E-state index in [0.29, 0.717) is 6.42 Å². The van der Waals surface area contributed by atoms with Crippen molar-refractivity contribution in [1.29, 1.82) is 0 Å². The van der Waals surface area contributed by atoms with Crippen LogP contribution >= 0.6 is 0 Å². The van der Waals surface area contributed by atoms with Crippen molar-refractivity contribution in [1.82, 2.24) is 9.55 Å². The van der Waals surface area contributed by atoms with Crippen LogP contribution in [0.15, 0.2) is 21.9 Å². The highest BCUT2D eigenvalue weighted by Crippen LogP contribution is 2.40. The predicted molar refractivity (Wildman–Crippen MR) is 90.5 cm³/mol. The lowest BCUT2D eigenvalue weighted by Gasteiger charge is -2.24. The quantitative estimate of drug-likeness (QED) is 0.521. The van der Waals surface area contributed by atoms with Gasteiger partial charge in [-0.25, -0.2) is 9.18 Å². The fourth-order valence-electron chi connectivity index (χ4n) is 2.91. The summed E-state index contributed by atoms with van der Waals surface area (Å²) >= 11 is 0. The Morgan fingerprint density at radius 2 is 2.15 bits per heavy atom. The number of rotatable bonds is 8. The summed E-state index contributed by atoms with van der Waals surface area (Å²) in [6, 6.07) is 1.05. The highest BCUT2D eigenvalue weighted by atomic mass is 19.1. The predicted octanol–water partition coefficient (Wildman–Crippen LogP) is 1.04. The topological polar surface area (TPSA) is 111 Å². The van der Waals surface area contributed by atoms with E-state index in [1.165, 1.54) is 0 Å². The minimum absolute atomic E-state index is 0.249. The van der Waals surface area contributed by atoms with Gasteiger partial charge in [-0.3, -0.25) is 19.1 Å². The number of halogens is 1. The van der Waals surface area contributed by atoms with E-state index < -0.39 is 41.3 Å². The van der Waals surface area contributed by atoms with Crippen molar-refractivity contribution < 1.29 is 23.8 Å². The van der Waals surface area contributed by atoms with E-state index in [1.807, 2.05) is 4.98 Å². The lowest BCUT2D eigenvalue weighted by atomic mass is 9.98.